The van der Waals surface area contributed by atoms with Gasteiger partial charge in [0.25, 0.3) is 0 Å². The fourth-order valence-corrected chi connectivity index (χ4v) is 3.37. The molecule has 1 amide bonds. The number of carbonyl (C=O) groups is 1. The maximum atomic E-state index is 12.9. The fourth-order valence-electron chi connectivity index (χ4n) is 3.37. The number of amides is 1. The number of pyridine rings is 2. The zero-order chi connectivity index (χ0) is 18.5. The van der Waals surface area contributed by atoms with Crippen molar-refractivity contribution in [3.63, 3.8) is 0 Å². The highest BCUT2D eigenvalue weighted by atomic mass is 16.2. The molecule has 0 spiro atoms. The van der Waals surface area contributed by atoms with Crippen molar-refractivity contribution >= 4 is 11.7 Å². The third-order valence-electron chi connectivity index (χ3n) is 4.71. The van der Waals surface area contributed by atoms with Crippen molar-refractivity contribution in [3.05, 3.63) is 53.5 Å². The van der Waals surface area contributed by atoms with Crippen LogP contribution < -0.4 is 4.90 Å². The number of nitrogens with zero attached hydrogens (tertiary/aromatic N) is 5. The Bertz CT molecular complexity index is 815. The zero-order valence-electron chi connectivity index (χ0n) is 15.2. The van der Waals surface area contributed by atoms with E-state index in [4.69, 9.17) is 0 Å². The number of aryl methyl sites for hydroxylation is 1. The summed E-state index contributed by atoms with van der Waals surface area (Å²) in [5.74, 6) is 0.718. The zero-order valence-corrected chi connectivity index (χ0v) is 15.2. The van der Waals surface area contributed by atoms with Crippen molar-refractivity contribution in [3.8, 4) is 6.07 Å². The van der Waals surface area contributed by atoms with Gasteiger partial charge in [-0.25, -0.2) is 4.98 Å². The molecule has 0 radical (unpaired) electrons. The summed E-state index contributed by atoms with van der Waals surface area (Å²) < 4.78 is 0. The van der Waals surface area contributed by atoms with E-state index in [9.17, 15) is 10.1 Å². The predicted octanol–water partition coefficient (Wildman–Crippen LogP) is 2.53. The number of hydrogen-bond donors (Lipinski definition) is 0. The summed E-state index contributed by atoms with van der Waals surface area (Å²) >= 11 is 0. The summed E-state index contributed by atoms with van der Waals surface area (Å²) in [6.45, 7) is 3.83. The first-order valence-electron chi connectivity index (χ1n) is 8.86. The molecular formula is C20H23N5O. The summed E-state index contributed by atoms with van der Waals surface area (Å²) in [7, 11) is 1.82. The van der Waals surface area contributed by atoms with E-state index < -0.39 is 0 Å². The average Bonchev–Trinajstić information content (AvgIpc) is 2.68. The summed E-state index contributed by atoms with van der Waals surface area (Å²) in [6, 6.07) is 11.6. The van der Waals surface area contributed by atoms with Gasteiger partial charge in [0.15, 0.2) is 0 Å². The molecule has 26 heavy (non-hydrogen) atoms. The molecule has 3 heterocycles. The van der Waals surface area contributed by atoms with E-state index in [-0.39, 0.29) is 11.8 Å². The molecule has 0 aliphatic carbocycles. The van der Waals surface area contributed by atoms with E-state index in [1.54, 1.807) is 17.2 Å². The molecule has 1 aliphatic heterocycles. The molecule has 0 saturated carbocycles. The Labute approximate surface area is 154 Å². The van der Waals surface area contributed by atoms with Crippen LogP contribution in [0, 0.1) is 24.2 Å². The van der Waals surface area contributed by atoms with Crippen LogP contribution in [0.15, 0.2) is 36.5 Å². The largest absolute Gasteiger partial charge is 0.355 e. The summed E-state index contributed by atoms with van der Waals surface area (Å²) in [5.41, 5.74) is 2.31. The molecule has 0 N–H and O–H groups in total. The third-order valence-corrected chi connectivity index (χ3v) is 4.71. The van der Waals surface area contributed by atoms with Gasteiger partial charge in [0.1, 0.15) is 11.9 Å². The molecular weight excluding hydrogens is 326 g/mol. The second-order valence-corrected chi connectivity index (χ2v) is 6.74. The lowest BCUT2D eigenvalue weighted by atomic mass is 9.96. The van der Waals surface area contributed by atoms with E-state index in [1.807, 2.05) is 38.2 Å². The number of piperidine rings is 1. The highest BCUT2D eigenvalue weighted by Gasteiger charge is 2.29. The van der Waals surface area contributed by atoms with Crippen LogP contribution in [-0.4, -0.2) is 40.9 Å². The molecule has 1 fully saturated rings. The van der Waals surface area contributed by atoms with Crippen molar-refractivity contribution in [2.45, 2.75) is 26.3 Å². The van der Waals surface area contributed by atoms with Crippen molar-refractivity contribution in [2.24, 2.45) is 5.92 Å². The van der Waals surface area contributed by atoms with Gasteiger partial charge in [0, 0.05) is 32.0 Å². The Morgan fingerprint density at radius 3 is 2.96 bits per heavy atom. The molecule has 1 unspecified atom stereocenters. The molecule has 6 nitrogen and oxygen atoms in total. The number of aromatic nitrogens is 2. The quantitative estimate of drug-likeness (QED) is 0.848. The van der Waals surface area contributed by atoms with Crippen molar-refractivity contribution in [2.75, 3.05) is 25.0 Å². The van der Waals surface area contributed by atoms with Crippen LogP contribution in [0.2, 0.25) is 0 Å². The normalized spacial score (nSPS) is 16.8. The summed E-state index contributed by atoms with van der Waals surface area (Å²) in [5, 5.41) is 9.37. The molecule has 3 rings (SSSR count). The molecule has 1 saturated heterocycles. The van der Waals surface area contributed by atoms with Crippen LogP contribution in [-0.2, 0) is 11.3 Å². The van der Waals surface area contributed by atoms with Crippen LogP contribution in [0.4, 0.5) is 5.82 Å². The second kappa shape index (κ2) is 7.96. The monoisotopic (exact) mass is 349 g/mol. The molecule has 1 atom stereocenters. The molecule has 0 aromatic carbocycles. The number of anilines is 1. The molecule has 2 aromatic rings. The van der Waals surface area contributed by atoms with Gasteiger partial charge >= 0.3 is 0 Å². The first-order valence-corrected chi connectivity index (χ1v) is 8.86. The average molecular weight is 349 g/mol. The van der Waals surface area contributed by atoms with Gasteiger partial charge in [-0.15, -0.1) is 0 Å². The van der Waals surface area contributed by atoms with E-state index in [0.29, 0.717) is 24.5 Å². The SMILES string of the molecule is Cc1ccc(C#N)c(N2CCCC(C(=O)N(C)Cc3ccccn3)C2)n1. The molecule has 1 aliphatic rings. The lowest BCUT2D eigenvalue weighted by Gasteiger charge is -2.35. The third kappa shape index (κ3) is 3.99. The van der Waals surface area contributed by atoms with E-state index in [2.05, 4.69) is 20.9 Å². The Morgan fingerprint density at radius 1 is 1.38 bits per heavy atom. The van der Waals surface area contributed by atoms with Crippen LogP contribution in [0.25, 0.3) is 0 Å². The standard InChI is InChI=1S/C20H23N5O/c1-15-8-9-16(12-21)19(23-15)25-11-5-6-17(13-25)20(26)24(2)14-18-7-3-4-10-22-18/h3-4,7-10,17H,5-6,11,13-14H2,1-2H3. The van der Waals surface area contributed by atoms with Crippen LogP contribution in [0.5, 0.6) is 0 Å². The van der Waals surface area contributed by atoms with Gasteiger partial charge < -0.3 is 9.80 Å². The molecule has 2 aromatic heterocycles. The van der Waals surface area contributed by atoms with Crippen molar-refractivity contribution < 1.29 is 4.79 Å². The van der Waals surface area contributed by atoms with Gasteiger partial charge in [-0.1, -0.05) is 6.07 Å². The topological polar surface area (TPSA) is 73.1 Å². The van der Waals surface area contributed by atoms with Gasteiger partial charge in [-0.05, 0) is 44.0 Å². The fraction of sp³-hybridized carbons (Fsp3) is 0.400. The van der Waals surface area contributed by atoms with E-state index in [0.717, 1.165) is 30.8 Å². The lowest BCUT2D eigenvalue weighted by Crippen LogP contribution is -2.44. The minimum atomic E-state index is -0.0914. The summed E-state index contributed by atoms with van der Waals surface area (Å²) in [4.78, 5) is 25.5. The molecule has 0 bridgehead atoms. The highest BCUT2D eigenvalue weighted by Crippen LogP contribution is 2.26. The van der Waals surface area contributed by atoms with Crippen LogP contribution in [0.1, 0.15) is 29.8 Å². The Hall–Kier alpha value is -2.94. The predicted molar refractivity (Wildman–Crippen MR) is 99.3 cm³/mol. The molecule has 134 valence electrons. The van der Waals surface area contributed by atoms with Crippen molar-refractivity contribution in [1.82, 2.24) is 14.9 Å². The van der Waals surface area contributed by atoms with Crippen LogP contribution >= 0.6 is 0 Å². The van der Waals surface area contributed by atoms with Gasteiger partial charge in [-0.2, -0.15) is 5.26 Å². The van der Waals surface area contributed by atoms with Gasteiger partial charge in [0.05, 0.1) is 23.7 Å². The number of nitriles is 1. The number of hydrogen-bond acceptors (Lipinski definition) is 5. The van der Waals surface area contributed by atoms with Crippen LogP contribution in [0.3, 0.4) is 0 Å². The minimum absolute atomic E-state index is 0.0914. The van der Waals surface area contributed by atoms with E-state index in [1.165, 1.54) is 0 Å². The smallest absolute Gasteiger partial charge is 0.227 e. The molecule has 6 heteroatoms. The van der Waals surface area contributed by atoms with Gasteiger partial charge in [-0.3, -0.25) is 9.78 Å². The maximum absolute atomic E-state index is 12.9. The highest BCUT2D eigenvalue weighted by molar-refractivity contribution is 5.79. The Morgan fingerprint density at radius 2 is 2.23 bits per heavy atom. The Kier molecular flexibility index (Phi) is 5.47. The van der Waals surface area contributed by atoms with E-state index >= 15 is 0 Å². The minimum Gasteiger partial charge on any atom is -0.355 e. The first kappa shape index (κ1) is 17.9. The first-order chi connectivity index (χ1) is 12.6. The Balaban J connectivity index is 1.71. The number of rotatable bonds is 4. The maximum Gasteiger partial charge on any atom is 0.227 e. The lowest BCUT2D eigenvalue weighted by molar-refractivity contribution is -0.135. The number of carbonyl (C=O) groups excluding carboxylic acids is 1. The summed E-state index contributed by atoms with van der Waals surface area (Å²) in [6.07, 6.45) is 3.51. The second-order valence-electron chi connectivity index (χ2n) is 6.74. The van der Waals surface area contributed by atoms with Gasteiger partial charge in [0.2, 0.25) is 5.91 Å². The van der Waals surface area contributed by atoms with Crippen molar-refractivity contribution in [1.29, 1.82) is 5.26 Å².